The number of aromatic nitrogens is 6. The Morgan fingerprint density at radius 3 is 2.74 bits per heavy atom. The second-order valence-electron chi connectivity index (χ2n) is 10.5. The zero-order chi connectivity index (χ0) is 26.6. The highest BCUT2D eigenvalue weighted by Gasteiger charge is 2.37. The number of aliphatic hydroxyl groups is 1. The van der Waals surface area contributed by atoms with Crippen molar-refractivity contribution in [3.8, 4) is 22.8 Å². The van der Waals surface area contributed by atoms with Crippen molar-refractivity contribution in [2.75, 3.05) is 26.3 Å². The second-order valence-corrected chi connectivity index (χ2v) is 10.9. The summed E-state index contributed by atoms with van der Waals surface area (Å²) < 4.78 is 13.2. The van der Waals surface area contributed by atoms with Gasteiger partial charge in [0.1, 0.15) is 27.9 Å². The van der Waals surface area contributed by atoms with Gasteiger partial charge >= 0.3 is 0 Å². The quantitative estimate of drug-likeness (QED) is 0.324. The molecule has 2 saturated heterocycles. The van der Waals surface area contributed by atoms with Crippen molar-refractivity contribution < 1.29 is 14.6 Å². The Labute approximate surface area is 229 Å². The first-order valence-electron chi connectivity index (χ1n) is 13.1. The van der Waals surface area contributed by atoms with Crippen LogP contribution >= 0.6 is 11.6 Å². The standard InChI is InChI=1S/C28H28ClN7O3/c1-17-32-21-3-2-20(10-23(21)33-17)39-25-5-4-22-27(26(25)29)34-24(12-30-22)18-11-31-36(13-18)16-28(37)6-8-35(9-7-28)19-14-38-15-19/h2-5,10-13,19,37H,6-9,14-16H2,1H3,(H,32,33). The Balaban J connectivity index is 1.10. The van der Waals surface area contributed by atoms with E-state index in [1.165, 1.54) is 0 Å². The van der Waals surface area contributed by atoms with Crippen LogP contribution in [0.5, 0.6) is 11.5 Å². The summed E-state index contributed by atoms with van der Waals surface area (Å²) in [4.78, 5) is 19.4. The molecule has 3 aromatic heterocycles. The van der Waals surface area contributed by atoms with Crippen LogP contribution in [0.25, 0.3) is 33.3 Å². The molecular formula is C28H28ClN7O3. The molecule has 200 valence electrons. The fourth-order valence-corrected chi connectivity index (χ4v) is 5.57. The number of likely N-dealkylation sites (tertiary alicyclic amines) is 1. The lowest BCUT2D eigenvalue weighted by Gasteiger charge is -2.44. The lowest BCUT2D eigenvalue weighted by Crippen LogP contribution is -2.55. The van der Waals surface area contributed by atoms with E-state index in [-0.39, 0.29) is 0 Å². The molecule has 2 fully saturated rings. The Hall–Kier alpha value is -3.57. The molecule has 0 aliphatic carbocycles. The molecule has 0 atom stereocenters. The summed E-state index contributed by atoms with van der Waals surface area (Å²) in [6, 6.07) is 9.79. The van der Waals surface area contributed by atoms with E-state index in [1.54, 1.807) is 23.1 Å². The van der Waals surface area contributed by atoms with E-state index in [0.717, 1.165) is 48.7 Å². The van der Waals surface area contributed by atoms with Gasteiger partial charge in [-0.3, -0.25) is 14.6 Å². The van der Waals surface area contributed by atoms with Crippen molar-refractivity contribution in [1.82, 2.24) is 34.6 Å². The van der Waals surface area contributed by atoms with E-state index in [4.69, 9.17) is 26.1 Å². The van der Waals surface area contributed by atoms with Gasteiger partial charge in [0.2, 0.25) is 0 Å². The zero-order valence-electron chi connectivity index (χ0n) is 21.5. The molecule has 39 heavy (non-hydrogen) atoms. The maximum atomic E-state index is 11.2. The van der Waals surface area contributed by atoms with Crippen LogP contribution in [0.3, 0.4) is 0 Å². The van der Waals surface area contributed by atoms with E-state index in [9.17, 15) is 5.11 Å². The van der Waals surface area contributed by atoms with Gasteiger partial charge in [-0.15, -0.1) is 0 Å². The van der Waals surface area contributed by atoms with Crippen LogP contribution in [0.4, 0.5) is 0 Å². The number of aryl methyl sites for hydroxylation is 1. The number of hydrogen-bond acceptors (Lipinski definition) is 8. The highest BCUT2D eigenvalue weighted by molar-refractivity contribution is 6.36. The summed E-state index contributed by atoms with van der Waals surface area (Å²) in [6.07, 6.45) is 6.77. The van der Waals surface area contributed by atoms with Gasteiger partial charge in [-0.1, -0.05) is 11.6 Å². The summed E-state index contributed by atoms with van der Waals surface area (Å²) in [5.41, 5.74) is 3.65. The number of nitrogens with zero attached hydrogens (tertiary/aromatic N) is 6. The third kappa shape index (κ3) is 4.74. The van der Waals surface area contributed by atoms with Gasteiger partial charge < -0.3 is 19.6 Å². The number of ether oxygens (including phenoxy) is 2. The average molecular weight is 546 g/mol. The lowest BCUT2D eigenvalue weighted by atomic mass is 9.90. The molecule has 0 radical (unpaired) electrons. The molecule has 0 saturated carbocycles. The highest BCUT2D eigenvalue weighted by Crippen LogP contribution is 2.36. The highest BCUT2D eigenvalue weighted by atomic mass is 35.5. The number of aromatic amines is 1. The van der Waals surface area contributed by atoms with Crippen molar-refractivity contribution in [2.24, 2.45) is 0 Å². The Kier molecular flexibility index (Phi) is 6.00. The number of rotatable bonds is 6. The number of imidazole rings is 1. The molecule has 5 aromatic rings. The summed E-state index contributed by atoms with van der Waals surface area (Å²) in [7, 11) is 0. The number of hydrogen-bond donors (Lipinski definition) is 2. The molecule has 2 aliphatic rings. The van der Waals surface area contributed by atoms with Crippen LogP contribution in [-0.2, 0) is 11.3 Å². The minimum Gasteiger partial charge on any atom is -0.456 e. The van der Waals surface area contributed by atoms with Crippen molar-refractivity contribution in [3.05, 3.63) is 59.8 Å². The summed E-state index contributed by atoms with van der Waals surface area (Å²) >= 11 is 6.76. The minimum atomic E-state index is -0.785. The maximum Gasteiger partial charge on any atom is 0.148 e. The first-order chi connectivity index (χ1) is 18.9. The minimum absolute atomic E-state index is 0.382. The zero-order valence-corrected chi connectivity index (χ0v) is 22.2. The topological polar surface area (TPSA) is 114 Å². The van der Waals surface area contributed by atoms with Crippen molar-refractivity contribution in [2.45, 2.75) is 38.0 Å². The number of fused-ring (bicyclic) bond motifs is 2. The Bertz CT molecular complexity index is 1670. The van der Waals surface area contributed by atoms with E-state index in [1.807, 2.05) is 37.4 Å². The fraction of sp³-hybridized carbons (Fsp3) is 0.357. The smallest absolute Gasteiger partial charge is 0.148 e. The van der Waals surface area contributed by atoms with Crippen LogP contribution in [0.1, 0.15) is 18.7 Å². The number of H-pyrrole nitrogens is 1. The molecule has 0 bridgehead atoms. The molecule has 0 spiro atoms. The van der Waals surface area contributed by atoms with Gasteiger partial charge in [-0.05, 0) is 44.0 Å². The lowest BCUT2D eigenvalue weighted by molar-refractivity contribution is -0.103. The van der Waals surface area contributed by atoms with Crippen LogP contribution < -0.4 is 4.74 Å². The summed E-state index contributed by atoms with van der Waals surface area (Å²) in [5.74, 6) is 1.97. The molecule has 5 heterocycles. The predicted molar refractivity (Wildman–Crippen MR) is 147 cm³/mol. The normalized spacial score (nSPS) is 18.0. The van der Waals surface area contributed by atoms with Gasteiger partial charge in [-0.2, -0.15) is 5.10 Å². The Morgan fingerprint density at radius 2 is 1.95 bits per heavy atom. The first-order valence-corrected chi connectivity index (χ1v) is 13.5. The third-order valence-electron chi connectivity index (χ3n) is 7.67. The number of benzene rings is 2. The van der Waals surface area contributed by atoms with Crippen molar-refractivity contribution in [3.63, 3.8) is 0 Å². The first kappa shape index (κ1) is 24.5. The van der Waals surface area contributed by atoms with E-state index in [2.05, 4.69) is 25.0 Å². The summed E-state index contributed by atoms with van der Waals surface area (Å²) in [6.45, 7) is 5.68. The monoisotopic (exact) mass is 545 g/mol. The van der Waals surface area contributed by atoms with Gasteiger partial charge in [-0.25, -0.2) is 9.97 Å². The SMILES string of the molecule is Cc1nc2ccc(Oc3ccc4ncc(-c5cnn(CC6(O)CCN(C7COC7)CC6)c5)nc4c3Cl)cc2[nH]1. The van der Waals surface area contributed by atoms with Crippen molar-refractivity contribution in [1.29, 1.82) is 0 Å². The molecule has 2 N–H and O–H groups in total. The largest absolute Gasteiger partial charge is 0.456 e. The molecule has 10 nitrogen and oxygen atoms in total. The van der Waals surface area contributed by atoms with Crippen LogP contribution in [0.2, 0.25) is 5.02 Å². The molecule has 2 aromatic carbocycles. The molecule has 11 heteroatoms. The number of piperidine rings is 1. The molecule has 0 amide bonds. The fourth-order valence-electron chi connectivity index (χ4n) is 5.33. The number of halogens is 1. The third-order valence-corrected chi connectivity index (χ3v) is 8.03. The molecule has 0 unspecified atom stereocenters. The van der Waals surface area contributed by atoms with E-state index < -0.39 is 5.60 Å². The molecule has 7 rings (SSSR count). The van der Waals surface area contributed by atoms with E-state index in [0.29, 0.717) is 58.7 Å². The maximum absolute atomic E-state index is 11.2. The molecule has 2 aliphatic heterocycles. The van der Waals surface area contributed by atoms with Crippen LogP contribution in [0, 0.1) is 6.92 Å². The van der Waals surface area contributed by atoms with Gasteiger partial charge in [0.15, 0.2) is 0 Å². The summed E-state index contributed by atoms with van der Waals surface area (Å²) in [5, 5.41) is 16.1. The molecular weight excluding hydrogens is 518 g/mol. The van der Waals surface area contributed by atoms with Gasteiger partial charge in [0.25, 0.3) is 0 Å². The van der Waals surface area contributed by atoms with Crippen LogP contribution in [-0.4, -0.2) is 77.7 Å². The average Bonchev–Trinajstić information content (AvgIpc) is 3.51. The van der Waals surface area contributed by atoms with Gasteiger partial charge in [0.05, 0.1) is 66.0 Å². The number of nitrogens with one attached hydrogen (secondary N) is 1. The Morgan fingerprint density at radius 1 is 1.13 bits per heavy atom. The van der Waals surface area contributed by atoms with Crippen molar-refractivity contribution >= 4 is 33.7 Å². The van der Waals surface area contributed by atoms with E-state index >= 15 is 0 Å². The van der Waals surface area contributed by atoms with Gasteiger partial charge in [0, 0.05) is 30.9 Å². The van der Waals surface area contributed by atoms with Crippen LogP contribution in [0.15, 0.2) is 48.9 Å². The predicted octanol–water partition coefficient (Wildman–Crippen LogP) is 4.35. The second kappa shape index (κ2) is 9.56.